The van der Waals surface area contributed by atoms with Crippen molar-refractivity contribution in [2.45, 2.75) is 13.0 Å². The van der Waals surface area contributed by atoms with Crippen molar-refractivity contribution in [2.75, 3.05) is 38.8 Å². The van der Waals surface area contributed by atoms with Crippen LogP contribution in [0.4, 0.5) is 5.00 Å². The van der Waals surface area contributed by atoms with Gasteiger partial charge in [-0.25, -0.2) is 0 Å². The van der Waals surface area contributed by atoms with Crippen molar-refractivity contribution < 1.29 is 23.5 Å². The summed E-state index contributed by atoms with van der Waals surface area (Å²) in [5.41, 5.74) is 1.36. The molecule has 2 amide bonds. The largest absolute Gasteiger partial charge is 0.465 e. The van der Waals surface area contributed by atoms with E-state index in [2.05, 4.69) is 11.4 Å². The number of furan rings is 1. The summed E-state index contributed by atoms with van der Waals surface area (Å²) in [7, 11) is 1.57. The Kier molecular flexibility index (Phi) is 7.19. The molecule has 1 N–H and O–H groups in total. The number of carbonyl (C=O) groups excluding carboxylic acids is 2. The molecule has 0 saturated carbocycles. The molecule has 29 heavy (non-hydrogen) atoms. The first kappa shape index (κ1) is 20.8. The zero-order valence-corrected chi connectivity index (χ0v) is 16.8. The van der Waals surface area contributed by atoms with Crippen LogP contribution < -0.4 is 5.32 Å². The molecule has 3 rings (SSSR count). The lowest BCUT2D eigenvalue weighted by Crippen LogP contribution is -2.38. The van der Waals surface area contributed by atoms with Crippen LogP contribution in [0.3, 0.4) is 0 Å². The van der Waals surface area contributed by atoms with Crippen LogP contribution in [0.15, 0.2) is 28.9 Å². The second-order valence-corrected chi connectivity index (χ2v) is 7.37. The number of methoxy groups -OCH3 is 1. The summed E-state index contributed by atoms with van der Waals surface area (Å²) in [5.74, 6) is 0.106. The predicted molar refractivity (Wildman–Crippen MR) is 107 cm³/mol. The summed E-state index contributed by atoms with van der Waals surface area (Å²) in [6.07, 6.45) is 5.00. The topological polar surface area (TPSA) is 105 Å². The molecule has 0 aromatic carbocycles. The fraction of sp³-hybridized carbons (Fsp3) is 0.350. The minimum Gasteiger partial charge on any atom is -0.465 e. The number of nitrogens with one attached hydrogen (secondary N) is 1. The molecule has 3 heterocycles. The highest BCUT2D eigenvalue weighted by Crippen LogP contribution is 2.36. The number of carbonyl (C=O) groups is 2. The molecule has 9 heteroatoms. The number of anilines is 1. The Morgan fingerprint density at radius 1 is 1.45 bits per heavy atom. The molecule has 1 aliphatic heterocycles. The Morgan fingerprint density at radius 3 is 3.03 bits per heavy atom. The Hall–Kier alpha value is -2.93. The van der Waals surface area contributed by atoms with E-state index < -0.39 is 0 Å². The standard InChI is InChI=1S/C20H21N3O5S/c1-26-9-10-27-13-19(25)23-7-6-15-16(11-21)20(29-17(15)12-23)22-18(24)5-4-14-3-2-8-28-14/h2-5,8H,6-7,9-10,12-13H2,1H3,(H,22,24). The molecular weight excluding hydrogens is 394 g/mol. The van der Waals surface area contributed by atoms with Crippen LogP contribution in [0.25, 0.3) is 6.08 Å². The van der Waals surface area contributed by atoms with E-state index in [1.54, 1.807) is 30.2 Å². The number of ether oxygens (including phenoxy) is 2. The van der Waals surface area contributed by atoms with Crippen LogP contribution in [0.2, 0.25) is 0 Å². The summed E-state index contributed by atoms with van der Waals surface area (Å²) in [6.45, 7) is 1.71. The summed E-state index contributed by atoms with van der Waals surface area (Å²) in [6, 6.07) is 5.65. The Bertz CT molecular complexity index is 927. The third kappa shape index (κ3) is 5.32. The SMILES string of the molecule is COCCOCC(=O)N1CCc2c(sc(NC(=O)C=Cc3ccco3)c2C#N)C1. The zero-order valence-electron chi connectivity index (χ0n) is 16.0. The van der Waals surface area contributed by atoms with E-state index in [9.17, 15) is 14.9 Å². The minimum absolute atomic E-state index is 0.00363. The molecule has 1 aliphatic rings. The van der Waals surface area contributed by atoms with Crippen molar-refractivity contribution in [1.82, 2.24) is 4.90 Å². The van der Waals surface area contributed by atoms with E-state index in [0.29, 0.717) is 49.0 Å². The van der Waals surface area contributed by atoms with Gasteiger partial charge in [0.05, 0.1) is 31.6 Å². The van der Waals surface area contributed by atoms with E-state index >= 15 is 0 Å². The van der Waals surface area contributed by atoms with Gasteiger partial charge in [-0.3, -0.25) is 9.59 Å². The van der Waals surface area contributed by atoms with Crippen LogP contribution in [0.1, 0.15) is 21.8 Å². The summed E-state index contributed by atoms with van der Waals surface area (Å²) < 4.78 is 15.3. The lowest BCUT2D eigenvalue weighted by molar-refractivity contribution is -0.137. The van der Waals surface area contributed by atoms with Crippen molar-refractivity contribution in [3.63, 3.8) is 0 Å². The van der Waals surface area contributed by atoms with Crippen LogP contribution in [-0.2, 0) is 32.0 Å². The van der Waals surface area contributed by atoms with Gasteiger partial charge in [-0.15, -0.1) is 11.3 Å². The first-order chi connectivity index (χ1) is 14.1. The van der Waals surface area contributed by atoms with E-state index in [1.165, 1.54) is 23.7 Å². The number of fused-ring (bicyclic) bond motifs is 1. The minimum atomic E-state index is -0.351. The van der Waals surface area contributed by atoms with Crippen LogP contribution in [-0.4, -0.2) is 50.2 Å². The maximum atomic E-state index is 12.3. The fourth-order valence-electron chi connectivity index (χ4n) is 2.91. The van der Waals surface area contributed by atoms with E-state index in [1.807, 2.05) is 0 Å². The van der Waals surface area contributed by atoms with Gasteiger partial charge >= 0.3 is 0 Å². The van der Waals surface area contributed by atoms with Crippen molar-refractivity contribution >= 4 is 34.2 Å². The number of rotatable bonds is 8. The number of nitriles is 1. The Morgan fingerprint density at radius 2 is 2.31 bits per heavy atom. The van der Waals surface area contributed by atoms with E-state index in [4.69, 9.17) is 13.9 Å². The summed E-state index contributed by atoms with van der Waals surface area (Å²) >= 11 is 1.32. The summed E-state index contributed by atoms with van der Waals surface area (Å²) in [4.78, 5) is 27.1. The maximum Gasteiger partial charge on any atom is 0.249 e. The predicted octanol–water partition coefficient (Wildman–Crippen LogP) is 2.41. The average molecular weight is 415 g/mol. The van der Waals surface area contributed by atoms with Gasteiger partial charge in [0, 0.05) is 24.6 Å². The smallest absolute Gasteiger partial charge is 0.249 e. The lowest BCUT2D eigenvalue weighted by atomic mass is 10.0. The number of hydrogen-bond donors (Lipinski definition) is 1. The molecule has 0 unspecified atom stereocenters. The van der Waals surface area contributed by atoms with Crippen LogP contribution in [0.5, 0.6) is 0 Å². The van der Waals surface area contributed by atoms with Crippen molar-refractivity contribution in [2.24, 2.45) is 0 Å². The molecule has 2 aromatic rings. The average Bonchev–Trinajstić information content (AvgIpc) is 3.36. The highest BCUT2D eigenvalue weighted by Gasteiger charge is 2.27. The van der Waals surface area contributed by atoms with Gasteiger partial charge in [0.15, 0.2) is 0 Å². The van der Waals surface area contributed by atoms with Gasteiger partial charge in [-0.2, -0.15) is 5.26 Å². The molecule has 0 fully saturated rings. The van der Waals surface area contributed by atoms with Crippen LogP contribution in [0, 0.1) is 11.3 Å². The molecule has 0 saturated heterocycles. The Balaban J connectivity index is 1.64. The fourth-order valence-corrected chi connectivity index (χ4v) is 4.13. The van der Waals surface area contributed by atoms with Gasteiger partial charge in [-0.1, -0.05) is 0 Å². The highest BCUT2D eigenvalue weighted by molar-refractivity contribution is 7.16. The molecule has 152 valence electrons. The maximum absolute atomic E-state index is 12.3. The van der Waals surface area contributed by atoms with Crippen molar-refractivity contribution in [1.29, 1.82) is 5.26 Å². The number of amides is 2. The quantitative estimate of drug-likeness (QED) is 0.524. The van der Waals surface area contributed by atoms with Gasteiger partial charge in [0.1, 0.15) is 23.4 Å². The van der Waals surface area contributed by atoms with Gasteiger partial charge in [-0.05, 0) is 30.2 Å². The number of hydrogen-bond acceptors (Lipinski definition) is 7. The molecule has 0 aliphatic carbocycles. The van der Waals surface area contributed by atoms with Crippen molar-refractivity contribution in [3.8, 4) is 6.07 Å². The molecule has 2 aromatic heterocycles. The molecule has 0 bridgehead atoms. The van der Waals surface area contributed by atoms with Crippen LogP contribution >= 0.6 is 11.3 Å². The number of nitrogens with zero attached hydrogens (tertiary/aromatic N) is 2. The normalized spacial score (nSPS) is 13.3. The van der Waals surface area contributed by atoms with Crippen molar-refractivity contribution in [3.05, 3.63) is 46.2 Å². The van der Waals surface area contributed by atoms with Gasteiger partial charge in [0.25, 0.3) is 0 Å². The first-order valence-electron chi connectivity index (χ1n) is 9.04. The molecular formula is C20H21N3O5S. The third-order valence-corrected chi connectivity index (χ3v) is 5.49. The van der Waals surface area contributed by atoms with Gasteiger partial charge in [0.2, 0.25) is 11.8 Å². The lowest BCUT2D eigenvalue weighted by Gasteiger charge is -2.26. The molecule has 0 atom stereocenters. The third-order valence-electron chi connectivity index (χ3n) is 4.36. The number of thiophene rings is 1. The Labute approximate surface area is 172 Å². The second kappa shape index (κ2) is 10.0. The zero-order chi connectivity index (χ0) is 20.6. The second-order valence-electron chi connectivity index (χ2n) is 6.27. The van der Waals surface area contributed by atoms with E-state index in [0.717, 1.165) is 10.4 Å². The van der Waals surface area contributed by atoms with Gasteiger partial charge < -0.3 is 24.1 Å². The summed E-state index contributed by atoms with van der Waals surface area (Å²) in [5, 5.41) is 12.8. The highest BCUT2D eigenvalue weighted by atomic mass is 32.1. The molecule has 0 radical (unpaired) electrons. The molecule has 0 spiro atoms. The van der Waals surface area contributed by atoms with E-state index in [-0.39, 0.29) is 18.4 Å². The molecule has 8 nitrogen and oxygen atoms in total. The first-order valence-corrected chi connectivity index (χ1v) is 9.85. The monoisotopic (exact) mass is 415 g/mol.